The molecule has 0 radical (unpaired) electrons. The summed E-state index contributed by atoms with van der Waals surface area (Å²) < 4.78 is 14.3. The molecule has 0 atom stereocenters. The molecular formula is C20H19FN4O. The van der Waals surface area contributed by atoms with Gasteiger partial charge in [0.1, 0.15) is 17.9 Å². The maximum atomic E-state index is 14.3. The van der Waals surface area contributed by atoms with E-state index in [9.17, 15) is 9.18 Å². The highest BCUT2D eigenvalue weighted by Crippen LogP contribution is 2.29. The zero-order valence-electron chi connectivity index (χ0n) is 14.3. The fraction of sp³-hybridized carbons (Fsp3) is 0.250. The van der Waals surface area contributed by atoms with Crippen molar-refractivity contribution in [3.05, 3.63) is 54.3 Å². The Morgan fingerprint density at radius 1 is 0.962 bits per heavy atom. The maximum absolute atomic E-state index is 14.3. The molecule has 0 aliphatic carbocycles. The molecule has 2 aromatic carbocycles. The molecule has 1 aromatic heterocycles. The highest BCUT2D eigenvalue weighted by molar-refractivity contribution is 5.91. The Labute approximate surface area is 151 Å². The molecule has 0 unspecified atom stereocenters. The molecule has 0 saturated carbocycles. The fourth-order valence-electron chi connectivity index (χ4n) is 3.31. The van der Waals surface area contributed by atoms with E-state index >= 15 is 0 Å². The first-order chi connectivity index (χ1) is 12.8. The number of aldehydes is 1. The van der Waals surface area contributed by atoms with Crippen LogP contribution in [-0.4, -0.2) is 53.9 Å². The summed E-state index contributed by atoms with van der Waals surface area (Å²) >= 11 is 0. The molecule has 0 spiro atoms. The Kier molecular flexibility index (Phi) is 4.58. The van der Waals surface area contributed by atoms with Gasteiger partial charge in [-0.15, -0.1) is 0 Å². The molecule has 3 aromatic rings. The molecule has 1 aliphatic heterocycles. The lowest BCUT2D eigenvalue weighted by Gasteiger charge is -2.35. The van der Waals surface area contributed by atoms with Gasteiger partial charge in [0.2, 0.25) is 0 Å². The first-order valence-corrected chi connectivity index (χ1v) is 8.69. The Hall–Kier alpha value is -2.86. The van der Waals surface area contributed by atoms with Gasteiger partial charge in [0.15, 0.2) is 5.82 Å². The molecule has 26 heavy (non-hydrogen) atoms. The topological polar surface area (TPSA) is 49.3 Å². The number of anilines is 1. The number of halogens is 1. The normalized spacial score (nSPS) is 15.3. The van der Waals surface area contributed by atoms with E-state index in [4.69, 9.17) is 4.98 Å². The molecule has 2 heterocycles. The summed E-state index contributed by atoms with van der Waals surface area (Å²) in [6, 6.07) is 14.4. The van der Waals surface area contributed by atoms with Crippen LogP contribution in [0.2, 0.25) is 0 Å². The van der Waals surface area contributed by atoms with Gasteiger partial charge in [-0.05, 0) is 24.3 Å². The number of para-hydroxylation sites is 1. The van der Waals surface area contributed by atoms with E-state index in [1.807, 2.05) is 24.3 Å². The van der Waals surface area contributed by atoms with Crippen molar-refractivity contribution in [2.45, 2.75) is 0 Å². The average Bonchev–Trinajstić information content (AvgIpc) is 2.68. The average molecular weight is 350 g/mol. The van der Waals surface area contributed by atoms with E-state index in [0.717, 1.165) is 49.2 Å². The minimum atomic E-state index is -0.329. The van der Waals surface area contributed by atoms with E-state index in [1.54, 1.807) is 18.2 Å². The van der Waals surface area contributed by atoms with E-state index in [-0.39, 0.29) is 5.82 Å². The van der Waals surface area contributed by atoms with Crippen molar-refractivity contribution in [3.63, 3.8) is 0 Å². The van der Waals surface area contributed by atoms with Crippen LogP contribution in [0.1, 0.15) is 0 Å². The SMILES string of the molecule is O=CCN1CCN(c2nc(-c3ccccc3F)nc3ccccc23)CC1. The number of piperazine rings is 1. The van der Waals surface area contributed by atoms with Crippen molar-refractivity contribution in [2.24, 2.45) is 0 Å². The minimum absolute atomic E-state index is 0.329. The van der Waals surface area contributed by atoms with Gasteiger partial charge in [0.05, 0.1) is 17.6 Å². The summed E-state index contributed by atoms with van der Waals surface area (Å²) in [6.45, 7) is 3.59. The lowest BCUT2D eigenvalue weighted by Crippen LogP contribution is -2.47. The molecule has 5 nitrogen and oxygen atoms in total. The third-order valence-corrected chi connectivity index (χ3v) is 4.70. The number of fused-ring (bicyclic) bond motifs is 1. The van der Waals surface area contributed by atoms with E-state index in [0.29, 0.717) is 17.9 Å². The van der Waals surface area contributed by atoms with Gasteiger partial charge in [-0.1, -0.05) is 24.3 Å². The number of nitrogens with zero attached hydrogens (tertiary/aromatic N) is 4. The second-order valence-corrected chi connectivity index (χ2v) is 6.32. The first kappa shape index (κ1) is 16.6. The Morgan fingerprint density at radius 3 is 2.46 bits per heavy atom. The zero-order chi connectivity index (χ0) is 17.9. The predicted octanol–water partition coefficient (Wildman–Crippen LogP) is 2.76. The molecular weight excluding hydrogens is 331 g/mol. The van der Waals surface area contributed by atoms with Crippen LogP contribution in [0.4, 0.5) is 10.2 Å². The minimum Gasteiger partial charge on any atom is -0.353 e. The van der Waals surface area contributed by atoms with Crippen LogP contribution in [0.15, 0.2) is 48.5 Å². The standard InChI is InChI=1S/C20H19FN4O/c21-17-7-3-1-5-15(17)19-22-18-8-4-2-6-16(18)20(23-19)25-11-9-24(10-12-25)13-14-26/h1-8,14H,9-13H2. The van der Waals surface area contributed by atoms with Crippen molar-refractivity contribution >= 4 is 23.0 Å². The van der Waals surface area contributed by atoms with Crippen molar-refractivity contribution in [1.29, 1.82) is 0 Å². The third kappa shape index (κ3) is 3.15. The molecule has 6 heteroatoms. The number of hydrogen-bond acceptors (Lipinski definition) is 5. The fourth-order valence-corrected chi connectivity index (χ4v) is 3.31. The molecule has 1 saturated heterocycles. The third-order valence-electron chi connectivity index (χ3n) is 4.70. The largest absolute Gasteiger partial charge is 0.353 e. The summed E-state index contributed by atoms with van der Waals surface area (Å²) in [4.78, 5) is 24.3. The van der Waals surface area contributed by atoms with Gasteiger partial charge < -0.3 is 9.69 Å². The molecule has 0 amide bonds. The number of aromatic nitrogens is 2. The molecule has 132 valence electrons. The van der Waals surface area contributed by atoms with E-state index in [2.05, 4.69) is 14.8 Å². The second-order valence-electron chi connectivity index (χ2n) is 6.32. The smallest absolute Gasteiger partial charge is 0.165 e. The molecule has 0 bridgehead atoms. The molecule has 1 fully saturated rings. The number of rotatable bonds is 4. The van der Waals surface area contributed by atoms with E-state index < -0.39 is 0 Å². The first-order valence-electron chi connectivity index (χ1n) is 8.69. The molecule has 4 rings (SSSR count). The lowest BCUT2D eigenvalue weighted by molar-refractivity contribution is -0.108. The van der Waals surface area contributed by atoms with Crippen molar-refractivity contribution in [1.82, 2.24) is 14.9 Å². The van der Waals surface area contributed by atoms with Crippen LogP contribution in [0, 0.1) is 5.82 Å². The summed E-state index contributed by atoms with van der Waals surface area (Å²) in [5, 5.41) is 0.955. The van der Waals surface area contributed by atoms with Crippen molar-refractivity contribution in [3.8, 4) is 11.4 Å². The maximum Gasteiger partial charge on any atom is 0.165 e. The van der Waals surface area contributed by atoms with Gasteiger partial charge in [-0.25, -0.2) is 14.4 Å². The Balaban J connectivity index is 1.76. The van der Waals surface area contributed by atoms with Gasteiger partial charge in [0.25, 0.3) is 0 Å². The van der Waals surface area contributed by atoms with E-state index in [1.165, 1.54) is 6.07 Å². The number of hydrogen-bond donors (Lipinski definition) is 0. The monoisotopic (exact) mass is 350 g/mol. The van der Waals surface area contributed by atoms with Crippen molar-refractivity contribution < 1.29 is 9.18 Å². The van der Waals surface area contributed by atoms with Gasteiger partial charge in [0, 0.05) is 31.6 Å². The van der Waals surface area contributed by atoms with Crippen LogP contribution < -0.4 is 4.90 Å². The highest BCUT2D eigenvalue weighted by Gasteiger charge is 2.21. The number of carbonyl (C=O) groups is 1. The second kappa shape index (κ2) is 7.17. The van der Waals surface area contributed by atoms with Gasteiger partial charge >= 0.3 is 0 Å². The lowest BCUT2D eigenvalue weighted by atomic mass is 10.1. The van der Waals surface area contributed by atoms with Gasteiger partial charge in [-0.2, -0.15) is 0 Å². The van der Waals surface area contributed by atoms with Crippen molar-refractivity contribution in [2.75, 3.05) is 37.6 Å². The number of benzene rings is 2. The van der Waals surface area contributed by atoms with Crippen LogP contribution in [-0.2, 0) is 4.79 Å². The van der Waals surface area contributed by atoms with Crippen LogP contribution in [0.5, 0.6) is 0 Å². The summed E-state index contributed by atoms with van der Waals surface area (Å²) in [5.41, 5.74) is 1.20. The predicted molar refractivity (Wildman–Crippen MR) is 99.6 cm³/mol. The highest BCUT2D eigenvalue weighted by atomic mass is 19.1. The molecule has 1 aliphatic rings. The number of carbonyl (C=O) groups excluding carboxylic acids is 1. The van der Waals surface area contributed by atoms with Crippen LogP contribution in [0.25, 0.3) is 22.3 Å². The van der Waals surface area contributed by atoms with Crippen LogP contribution >= 0.6 is 0 Å². The summed E-state index contributed by atoms with van der Waals surface area (Å²) in [7, 11) is 0. The Bertz CT molecular complexity index is 938. The van der Waals surface area contributed by atoms with Crippen LogP contribution in [0.3, 0.4) is 0 Å². The zero-order valence-corrected chi connectivity index (χ0v) is 14.3. The molecule has 0 N–H and O–H groups in total. The Morgan fingerprint density at radius 2 is 1.69 bits per heavy atom. The summed E-state index contributed by atoms with van der Waals surface area (Å²) in [5.74, 6) is 0.885. The summed E-state index contributed by atoms with van der Waals surface area (Å²) in [6.07, 6.45) is 0.937. The quantitative estimate of drug-likeness (QED) is 0.677. The van der Waals surface area contributed by atoms with Gasteiger partial charge in [-0.3, -0.25) is 4.90 Å².